The molecular formula is C17H15Cl2F2NO2. The standard InChI is InChI=1S/C17H15Cl2F2NO2/c1-22(10-12-4-7-14(18)15(19)8-12)16(23)9-11-2-5-13(6-3-11)24-17(20)21/h2-8,17H,9-10H2,1H3. The Balaban J connectivity index is 1.94. The van der Waals surface area contributed by atoms with Crippen molar-refractivity contribution >= 4 is 29.1 Å². The summed E-state index contributed by atoms with van der Waals surface area (Å²) in [6.07, 6.45) is 0.160. The monoisotopic (exact) mass is 373 g/mol. The van der Waals surface area contributed by atoms with Gasteiger partial charge in [0.1, 0.15) is 5.75 Å². The number of carbonyl (C=O) groups excluding carboxylic acids is 1. The fraction of sp³-hybridized carbons (Fsp3) is 0.235. The molecule has 0 saturated heterocycles. The van der Waals surface area contributed by atoms with Gasteiger partial charge in [-0.15, -0.1) is 0 Å². The molecule has 0 fully saturated rings. The van der Waals surface area contributed by atoms with E-state index in [-0.39, 0.29) is 18.1 Å². The van der Waals surface area contributed by atoms with Gasteiger partial charge in [0, 0.05) is 13.6 Å². The number of hydrogen-bond donors (Lipinski definition) is 0. The summed E-state index contributed by atoms with van der Waals surface area (Å²) in [7, 11) is 1.68. The van der Waals surface area contributed by atoms with Gasteiger partial charge in [-0.05, 0) is 35.4 Å². The third kappa shape index (κ3) is 5.35. The average molecular weight is 374 g/mol. The van der Waals surface area contributed by atoms with Gasteiger partial charge >= 0.3 is 6.61 Å². The highest BCUT2D eigenvalue weighted by Gasteiger charge is 2.12. The molecule has 0 N–H and O–H groups in total. The van der Waals surface area contributed by atoms with Gasteiger partial charge in [0.05, 0.1) is 16.5 Å². The fourth-order valence-corrected chi connectivity index (χ4v) is 2.42. The molecule has 1 amide bonds. The summed E-state index contributed by atoms with van der Waals surface area (Å²) >= 11 is 11.8. The molecule has 0 aliphatic heterocycles. The quantitative estimate of drug-likeness (QED) is 0.727. The van der Waals surface area contributed by atoms with E-state index < -0.39 is 6.61 Å². The molecular weight excluding hydrogens is 359 g/mol. The van der Waals surface area contributed by atoms with E-state index in [1.807, 2.05) is 0 Å². The number of carbonyl (C=O) groups is 1. The highest BCUT2D eigenvalue weighted by Crippen LogP contribution is 2.23. The van der Waals surface area contributed by atoms with Crippen LogP contribution in [-0.4, -0.2) is 24.5 Å². The number of hydrogen-bond acceptors (Lipinski definition) is 2. The van der Waals surface area contributed by atoms with Gasteiger partial charge in [0.2, 0.25) is 5.91 Å². The van der Waals surface area contributed by atoms with Crippen LogP contribution in [-0.2, 0) is 17.8 Å². The molecule has 2 rings (SSSR count). The van der Waals surface area contributed by atoms with Crippen LogP contribution in [0, 0.1) is 0 Å². The lowest BCUT2D eigenvalue weighted by atomic mass is 10.1. The Morgan fingerprint density at radius 1 is 1.08 bits per heavy atom. The largest absolute Gasteiger partial charge is 0.435 e. The average Bonchev–Trinajstić information content (AvgIpc) is 2.52. The predicted molar refractivity (Wildman–Crippen MR) is 89.7 cm³/mol. The Morgan fingerprint density at radius 2 is 1.71 bits per heavy atom. The van der Waals surface area contributed by atoms with Crippen molar-refractivity contribution < 1.29 is 18.3 Å². The van der Waals surface area contributed by atoms with Crippen molar-refractivity contribution in [3.05, 3.63) is 63.6 Å². The zero-order chi connectivity index (χ0) is 17.7. The minimum Gasteiger partial charge on any atom is -0.435 e. The van der Waals surface area contributed by atoms with Gasteiger partial charge in [-0.2, -0.15) is 8.78 Å². The first kappa shape index (κ1) is 18.5. The molecule has 0 bridgehead atoms. The van der Waals surface area contributed by atoms with E-state index in [1.54, 1.807) is 42.3 Å². The molecule has 0 saturated carbocycles. The molecule has 0 aliphatic carbocycles. The molecule has 2 aromatic carbocycles. The molecule has 24 heavy (non-hydrogen) atoms. The van der Waals surface area contributed by atoms with E-state index in [4.69, 9.17) is 23.2 Å². The minimum absolute atomic E-state index is 0.0605. The number of halogens is 4. The van der Waals surface area contributed by atoms with Crippen molar-refractivity contribution in [3.8, 4) is 5.75 Å². The van der Waals surface area contributed by atoms with Crippen molar-refractivity contribution in [2.75, 3.05) is 7.05 Å². The lowest BCUT2D eigenvalue weighted by molar-refractivity contribution is -0.129. The number of likely N-dealkylation sites (N-methyl/N-ethyl adjacent to an activating group) is 1. The summed E-state index contributed by atoms with van der Waals surface area (Å²) in [5, 5.41) is 0.894. The third-order valence-corrected chi connectivity index (χ3v) is 4.07. The molecule has 128 valence electrons. The molecule has 7 heteroatoms. The summed E-state index contributed by atoms with van der Waals surface area (Å²) in [5.41, 5.74) is 1.57. The Kier molecular flexibility index (Phi) is 6.40. The molecule has 0 radical (unpaired) electrons. The van der Waals surface area contributed by atoms with Crippen LogP contribution in [0.1, 0.15) is 11.1 Å². The summed E-state index contributed by atoms with van der Waals surface area (Å²) in [6.45, 7) is -2.47. The van der Waals surface area contributed by atoms with E-state index in [0.717, 1.165) is 5.56 Å². The van der Waals surface area contributed by atoms with Crippen LogP contribution in [0.25, 0.3) is 0 Å². The number of benzene rings is 2. The summed E-state index contributed by atoms with van der Waals surface area (Å²) in [4.78, 5) is 13.8. The SMILES string of the molecule is CN(Cc1ccc(Cl)c(Cl)c1)C(=O)Cc1ccc(OC(F)F)cc1. The molecule has 0 aliphatic rings. The maximum atomic E-state index is 12.2. The second kappa shape index (κ2) is 8.31. The summed E-state index contributed by atoms with van der Waals surface area (Å²) in [6, 6.07) is 11.2. The van der Waals surface area contributed by atoms with Gasteiger partial charge in [0.15, 0.2) is 0 Å². The van der Waals surface area contributed by atoms with Gasteiger partial charge in [-0.3, -0.25) is 4.79 Å². The van der Waals surface area contributed by atoms with Crippen molar-refractivity contribution in [1.29, 1.82) is 0 Å². The number of nitrogens with zero attached hydrogens (tertiary/aromatic N) is 1. The van der Waals surface area contributed by atoms with E-state index in [9.17, 15) is 13.6 Å². The molecule has 3 nitrogen and oxygen atoms in total. The van der Waals surface area contributed by atoms with Crippen LogP contribution >= 0.6 is 23.2 Å². The van der Waals surface area contributed by atoms with Crippen LogP contribution in [0.15, 0.2) is 42.5 Å². The van der Waals surface area contributed by atoms with Crippen molar-refractivity contribution in [2.24, 2.45) is 0 Å². The van der Waals surface area contributed by atoms with Crippen LogP contribution in [0.2, 0.25) is 10.0 Å². The number of ether oxygens (including phenoxy) is 1. The van der Waals surface area contributed by atoms with E-state index >= 15 is 0 Å². The van der Waals surface area contributed by atoms with Gasteiger partial charge < -0.3 is 9.64 Å². The van der Waals surface area contributed by atoms with Crippen molar-refractivity contribution in [2.45, 2.75) is 19.6 Å². The third-order valence-electron chi connectivity index (χ3n) is 3.33. The summed E-state index contributed by atoms with van der Waals surface area (Å²) < 4.78 is 28.5. The minimum atomic E-state index is -2.87. The highest BCUT2D eigenvalue weighted by molar-refractivity contribution is 6.42. The maximum Gasteiger partial charge on any atom is 0.387 e. The lowest BCUT2D eigenvalue weighted by Crippen LogP contribution is -2.27. The Morgan fingerprint density at radius 3 is 2.29 bits per heavy atom. The summed E-state index contributed by atoms with van der Waals surface area (Å²) in [5.74, 6) is -0.0473. The van der Waals surface area contributed by atoms with E-state index in [2.05, 4.69) is 4.74 Å². The Bertz CT molecular complexity index is 708. The van der Waals surface area contributed by atoms with Crippen molar-refractivity contribution in [1.82, 2.24) is 4.90 Å². The van der Waals surface area contributed by atoms with Gasteiger partial charge in [0.25, 0.3) is 0 Å². The van der Waals surface area contributed by atoms with Crippen LogP contribution in [0.4, 0.5) is 8.78 Å². The Labute approximate surface area is 148 Å². The smallest absolute Gasteiger partial charge is 0.387 e. The second-order valence-electron chi connectivity index (χ2n) is 5.20. The van der Waals surface area contributed by atoms with E-state index in [1.165, 1.54) is 12.1 Å². The number of rotatable bonds is 6. The van der Waals surface area contributed by atoms with Crippen LogP contribution < -0.4 is 4.74 Å². The van der Waals surface area contributed by atoms with Crippen LogP contribution in [0.5, 0.6) is 5.75 Å². The first-order valence-electron chi connectivity index (χ1n) is 7.07. The number of amides is 1. The first-order valence-corrected chi connectivity index (χ1v) is 7.82. The topological polar surface area (TPSA) is 29.5 Å². The van der Waals surface area contributed by atoms with E-state index in [0.29, 0.717) is 22.2 Å². The first-order chi connectivity index (χ1) is 11.3. The van der Waals surface area contributed by atoms with Crippen molar-refractivity contribution in [3.63, 3.8) is 0 Å². The highest BCUT2D eigenvalue weighted by atomic mass is 35.5. The molecule has 2 aromatic rings. The lowest BCUT2D eigenvalue weighted by Gasteiger charge is -2.18. The Hall–Kier alpha value is -1.85. The fourth-order valence-electron chi connectivity index (χ4n) is 2.10. The second-order valence-corrected chi connectivity index (χ2v) is 6.01. The van der Waals surface area contributed by atoms with Crippen LogP contribution in [0.3, 0.4) is 0 Å². The normalized spacial score (nSPS) is 10.8. The maximum absolute atomic E-state index is 12.2. The molecule has 0 aromatic heterocycles. The molecule has 0 spiro atoms. The van der Waals surface area contributed by atoms with Gasteiger partial charge in [-0.25, -0.2) is 0 Å². The zero-order valence-electron chi connectivity index (χ0n) is 12.8. The molecule has 0 atom stereocenters. The zero-order valence-corrected chi connectivity index (χ0v) is 14.3. The van der Waals surface area contributed by atoms with Gasteiger partial charge in [-0.1, -0.05) is 41.4 Å². The predicted octanol–water partition coefficient (Wildman–Crippen LogP) is 4.80. The molecule has 0 heterocycles. The number of alkyl halides is 2. The molecule has 0 unspecified atom stereocenters.